The molecule has 0 aliphatic heterocycles. The molecule has 100 valence electrons. The van der Waals surface area contributed by atoms with Gasteiger partial charge < -0.3 is 9.73 Å². The van der Waals surface area contributed by atoms with E-state index in [9.17, 15) is 4.79 Å². The summed E-state index contributed by atoms with van der Waals surface area (Å²) >= 11 is 5.84. The molecule has 1 aromatic carbocycles. The van der Waals surface area contributed by atoms with E-state index in [-0.39, 0.29) is 5.91 Å². The lowest BCUT2D eigenvalue weighted by Crippen LogP contribution is -2.21. The van der Waals surface area contributed by atoms with Crippen LogP contribution >= 0.6 is 11.6 Å². The van der Waals surface area contributed by atoms with Crippen molar-refractivity contribution >= 4 is 17.5 Å². The second-order valence-electron chi connectivity index (χ2n) is 4.30. The predicted octanol–water partition coefficient (Wildman–Crippen LogP) is 4.02. The van der Waals surface area contributed by atoms with E-state index < -0.39 is 0 Å². The van der Waals surface area contributed by atoms with Gasteiger partial charge in [-0.3, -0.25) is 4.79 Å². The average Bonchev–Trinajstić information content (AvgIpc) is 2.86. The first-order valence-corrected chi connectivity index (χ1v) is 6.68. The van der Waals surface area contributed by atoms with Gasteiger partial charge in [-0.05, 0) is 42.8 Å². The molecule has 0 saturated carbocycles. The van der Waals surface area contributed by atoms with Crippen LogP contribution in [0.25, 0.3) is 11.3 Å². The zero-order chi connectivity index (χ0) is 13.7. The number of hydrogen-bond donors (Lipinski definition) is 1. The number of amides is 1. The van der Waals surface area contributed by atoms with E-state index in [1.807, 2.05) is 43.3 Å². The monoisotopic (exact) mass is 277 g/mol. The van der Waals surface area contributed by atoms with Crippen LogP contribution in [0.1, 0.15) is 25.5 Å². The fraction of sp³-hybridized carbons (Fsp3) is 0.267. The third-order valence-electron chi connectivity index (χ3n) is 2.73. The molecule has 0 aliphatic carbocycles. The van der Waals surface area contributed by atoms with Gasteiger partial charge in [-0.1, -0.05) is 18.5 Å². The maximum Gasteiger partial charge on any atom is 0.220 e. The predicted molar refractivity (Wildman–Crippen MR) is 75.9 cm³/mol. The number of rotatable bonds is 5. The summed E-state index contributed by atoms with van der Waals surface area (Å²) in [6.07, 6.45) is 1.39. The van der Waals surface area contributed by atoms with E-state index in [0.29, 0.717) is 18.0 Å². The molecule has 4 heteroatoms. The van der Waals surface area contributed by atoms with Gasteiger partial charge in [0.1, 0.15) is 11.5 Å². The molecule has 2 rings (SSSR count). The largest absolute Gasteiger partial charge is 0.459 e. The first-order chi connectivity index (χ1) is 9.19. The van der Waals surface area contributed by atoms with Crippen molar-refractivity contribution in [3.8, 4) is 11.3 Å². The van der Waals surface area contributed by atoms with Gasteiger partial charge in [0.15, 0.2) is 0 Å². The standard InChI is InChI=1S/C15H16ClNO2/c1-2-3-15(18)17-10-13-8-9-14(19-13)11-4-6-12(16)7-5-11/h4-9H,2-3,10H2,1H3,(H,17,18). The zero-order valence-corrected chi connectivity index (χ0v) is 11.5. The first-order valence-electron chi connectivity index (χ1n) is 6.30. The smallest absolute Gasteiger partial charge is 0.220 e. The van der Waals surface area contributed by atoms with E-state index in [1.54, 1.807) is 0 Å². The van der Waals surface area contributed by atoms with Gasteiger partial charge in [-0.2, -0.15) is 0 Å². The Morgan fingerprint density at radius 1 is 1.21 bits per heavy atom. The average molecular weight is 278 g/mol. The van der Waals surface area contributed by atoms with Crippen molar-refractivity contribution in [2.24, 2.45) is 0 Å². The molecule has 1 amide bonds. The number of halogens is 1. The van der Waals surface area contributed by atoms with Gasteiger partial charge in [0.2, 0.25) is 5.91 Å². The molecular weight excluding hydrogens is 262 g/mol. The summed E-state index contributed by atoms with van der Waals surface area (Å²) in [7, 11) is 0. The molecule has 0 aliphatic rings. The van der Waals surface area contributed by atoms with Crippen LogP contribution in [0.3, 0.4) is 0 Å². The Bertz CT molecular complexity index is 546. The third-order valence-corrected chi connectivity index (χ3v) is 2.98. The molecule has 0 saturated heterocycles. The SMILES string of the molecule is CCCC(=O)NCc1ccc(-c2ccc(Cl)cc2)o1. The lowest BCUT2D eigenvalue weighted by atomic mass is 10.2. The molecule has 0 bridgehead atoms. The summed E-state index contributed by atoms with van der Waals surface area (Å²) in [4.78, 5) is 11.4. The van der Waals surface area contributed by atoms with Gasteiger partial charge in [0.25, 0.3) is 0 Å². The summed E-state index contributed by atoms with van der Waals surface area (Å²) in [6.45, 7) is 2.40. The molecular formula is C15H16ClNO2. The van der Waals surface area contributed by atoms with Crippen molar-refractivity contribution in [2.75, 3.05) is 0 Å². The minimum atomic E-state index is 0.0481. The lowest BCUT2D eigenvalue weighted by Gasteiger charge is -2.01. The maximum atomic E-state index is 11.4. The van der Waals surface area contributed by atoms with Crippen LogP contribution in [0, 0.1) is 0 Å². The molecule has 1 aromatic heterocycles. The molecule has 19 heavy (non-hydrogen) atoms. The molecule has 3 nitrogen and oxygen atoms in total. The Labute approximate surface area is 117 Å². The van der Waals surface area contributed by atoms with Gasteiger partial charge in [-0.25, -0.2) is 0 Å². The lowest BCUT2D eigenvalue weighted by molar-refractivity contribution is -0.121. The van der Waals surface area contributed by atoms with E-state index in [4.69, 9.17) is 16.0 Å². The van der Waals surface area contributed by atoms with Crippen molar-refractivity contribution in [2.45, 2.75) is 26.3 Å². The molecule has 0 atom stereocenters. The van der Waals surface area contributed by atoms with Crippen molar-refractivity contribution < 1.29 is 9.21 Å². The highest BCUT2D eigenvalue weighted by molar-refractivity contribution is 6.30. The summed E-state index contributed by atoms with van der Waals surface area (Å²) < 4.78 is 5.68. The van der Waals surface area contributed by atoms with Crippen LogP contribution in [0.4, 0.5) is 0 Å². The number of nitrogens with one attached hydrogen (secondary N) is 1. The van der Waals surface area contributed by atoms with Crippen molar-refractivity contribution in [1.82, 2.24) is 5.32 Å². The molecule has 0 fully saturated rings. The maximum absolute atomic E-state index is 11.4. The van der Waals surface area contributed by atoms with Crippen LogP contribution in [0.5, 0.6) is 0 Å². The Kier molecular flexibility index (Phi) is 4.63. The van der Waals surface area contributed by atoms with Crippen LogP contribution < -0.4 is 5.32 Å². The Morgan fingerprint density at radius 3 is 2.63 bits per heavy atom. The topological polar surface area (TPSA) is 42.2 Å². The molecule has 1 heterocycles. The number of furan rings is 1. The van der Waals surface area contributed by atoms with Gasteiger partial charge in [0, 0.05) is 17.0 Å². The fourth-order valence-electron chi connectivity index (χ4n) is 1.74. The van der Waals surface area contributed by atoms with E-state index in [1.165, 1.54) is 0 Å². The number of hydrogen-bond acceptors (Lipinski definition) is 2. The summed E-state index contributed by atoms with van der Waals surface area (Å²) in [5, 5.41) is 3.52. The summed E-state index contributed by atoms with van der Waals surface area (Å²) in [5.74, 6) is 1.57. The second-order valence-corrected chi connectivity index (χ2v) is 4.74. The zero-order valence-electron chi connectivity index (χ0n) is 10.8. The summed E-state index contributed by atoms with van der Waals surface area (Å²) in [6, 6.07) is 11.2. The Morgan fingerprint density at radius 2 is 1.95 bits per heavy atom. The van der Waals surface area contributed by atoms with Gasteiger partial charge >= 0.3 is 0 Å². The Hall–Kier alpha value is -1.74. The molecule has 0 spiro atoms. The van der Waals surface area contributed by atoms with Crippen molar-refractivity contribution in [1.29, 1.82) is 0 Å². The molecule has 1 N–H and O–H groups in total. The van der Waals surface area contributed by atoms with Crippen LogP contribution in [-0.4, -0.2) is 5.91 Å². The highest BCUT2D eigenvalue weighted by Crippen LogP contribution is 2.23. The fourth-order valence-corrected chi connectivity index (χ4v) is 1.87. The highest BCUT2D eigenvalue weighted by Gasteiger charge is 2.06. The van der Waals surface area contributed by atoms with Gasteiger partial charge in [0.05, 0.1) is 6.54 Å². The minimum absolute atomic E-state index is 0.0481. The number of benzene rings is 1. The van der Waals surface area contributed by atoms with E-state index >= 15 is 0 Å². The van der Waals surface area contributed by atoms with Gasteiger partial charge in [-0.15, -0.1) is 0 Å². The minimum Gasteiger partial charge on any atom is -0.459 e. The quantitative estimate of drug-likeness (QED) is 0.897. The van der Waals surface area contributed by atoms with Crippen LogP contribution in [-0.2, 0) is 11.3 Å². The first kappa shape index (κ1) is 13.7. The van der Waals surface area contributed by atoms with E-state index in [2.05, 4.69) is 5.32 Å². The third kappa shape index (κ3) is 3.86. The number of carbonyl (C=O) groups excluding carboxylic acids is 1. The molecule has 0 unspecified atom stereocenters. The summed E-state index contributed by atoms with van der Waals surface area (Å²) in [5.41, 5.74) is 0.968. The molecule has 0 radical (unpaired) electrons. The highest BCUT2D eigenvalue weighted by atomic mass is 35.5. The van der Waals surface area contributed by atoms with Crippen molar-refractivity contribution in [3.63, 3.8) is 0 Å². The normalized spacial score (nSPS) is 10.4. The Balaban J connectivity index is 1.99. The van der Waals surface area contributed by atoms with E-state index in [0.717, 1.165) is 23.5 Å². The number of carbonyl (C=O) groups is 1. The van der Waals surface area contributed by atoms with Crippen LogP contribution in [0.2, 0.25) is 5.02 Å². The van der Waals surface area contributed by atoms with Crippen LogP contribution in [0.15, 0.2) is 40.8 Å². The second kappa shape index (κ2) is 6.43. The molecule has 2 aromatic rings. The van der Waals surface area contributed by atoms with Crippen molar-refractivity contribution in [3.05, 3.63) is 47.2 Å².